The van der Waals surface area contributed by atoms with Gasteiger partial charge in [0.15, 0.2) is 0 Å². The van der Waals surface area contributed by atoms with Gasteiger partial charge in [-0.2, -0.15) is 5.26 Å². The van der Waals surface area contributed by atoms with E-state index < -0.39 is 0 Å². The molecule has 0 saturated heterocycles. The number of rotatable bonds is 8. The second-order valence-corrected chi connectivity index (χ2v) is 9.39. The molecule has 3 N–H and O–H groups in total. The molecule has 3 rings (SSSR count). The van der Waals surface area contributed by atoms with Crippen molar-refractivity contribution >= 4 is 17.5 Å². The van der Waals surface area contributed by atoms with Gasteiger partial charge >= 0.3 is 0 Å². The largest absolute Gasteiger partial charge is 0.334 e. The molecular weight excluding hydrogens is 400 g/mol. The summed E-state index contributed by atoms with van der Waals surface area (Å²) in [5.74, 6) is 0.0595. The molecule has 2 aromatic carbocycles. The third kappa shape index (κ3) is 6.18. The van der Waals surface area contributed by atoms with Gasteiger partial charge in [-0.05, 0) is 66.8 Å². The number of nitrogens with two attached hydrogens (primary N) is 1. The predicted molar refractivity (Wildman–Crippen MR) is 126 cm³/mol. The minimum Gasteiger partial charge on any atom is -0.334 e. The van der Waals surface area contributed by atoms with Gasteiger partial charge in [0, 0.05) is 30.3 Å². The summed E-state index contributed by atoms with van der Waals surface area (Å²) in [7, 11) is 0. The zero-order valence-corrected chi connectivity index (χ0v) is 18.9. The first-order valence-corrected chi connectivity index (χ1v) is 11.2. The third-order valence-corrected chi connectivity index (χ3v) is 6.01. The molecule has 6 heteroatoms. The lowest BCUT2D eigenvalue weighted by Crippen LogP contribution is -2.41. The average Bonchev–Trinajstić information content (AvgIpc) is 3.34. The molecule has 0 heterocycles. The minimum atomic E-state index is -0.253. The zero-order valence-electron chi connectivity index (χ0n) is 18.9. The van der Waals surface area contributed by atoms with Crippen LogP contribution in [0.3, 0.4) is 0 Å². The summed E-state index contributed by atoms with van der Waals surface area (Å²) >= 11 is 0. The van der Waals surface area contributed by atoms with Crippen LogP contribution in [0.5, 0.6) is 0 Å². The van der Waals surface area contributed by atoms with Crippen molar-refractivity contribution in [3.05, 3.63) is 65.2 Å². The molecule has 0 spiro atoms. The molecule has 1 saturated carbocycles. The van der Waals surface area contributed by atoms with Gasteiger partial charge < -0.3 is 16.0 Å². The van der Waals surface area contributed by atoms with Crippen LogP contribution in [0.25, 0.3) is 0 Å². The summed E-state index contributed by atoms with van der Waals surface area (Å²) < 4.78 is 0. The summed E-state index contributed by atoms with van der Waals surface area (Å²) in [5.41, 5.74) is 8.42. The van der Waals surface area contributed by atoms with Crippen molar-refractivity contribution in [2.45, 2.75) is 46.1 Å². The van der Waals surface area contributed by atoms with Gasteiger partial charge in [-0.1, -0.05) is 38.8 Å². The van der Waals surface area contributed by atoms with Crippen molar-refractivity contribution in [3.63, 3.8) is 0 Å². The van der Waals surface area contributed by atoms with Gasteiger partial charge in [0.25, 0.3) is 5.91 Å². The Bertz CT molecular complexity index is 986. The number of amides is 2. The highest BCUT2D eigenvalue weighted by Crippen LogP contribution is 2.26. The Hall–Kier alpha value is -3.17. The summed E-state index contributed by atoms with van der Waals surface area (Å²) in [6, 6.07) is 16.4. The van der Waals surface area contributed by atoms with E-state index in [9.17, 15) is 9.59 Å². The van der Waals surface area contributed by atoms with E-state index in [0.29, 0.717) is 30.8 Å². The number of carbonyl (C=O) groups is 2. The van der Waals surface area contributed by atoms with Crippen LogP contribution < -0.4 is 11.1 Å². The van der Waals surface area contributed by atoms with E-state index >= 15 is 0 Å². The SMILES string of the molecule is CC(C)(CN)CN(Cc1cccc(NC(=O)C2CCCC2)c1)C(=O)c1ccc(C#N)cc1. The summed E-state index contributed by atoms with van der Waals surface area (Å²) in [6.45, 7) is 5.40. The maximum absolute atomic E-state index is 13.3. The molecule has 1 fully saturated rings. The van der Waals surface area contributed by atoms with E-state index in [1.54, 1.807) is 29.2 Å². The van der Waals surface area contributed by atoms with Crippen molar-refractivity contribution in [2.24, 2.45) is 17.1 Å². The molecule has 0 aromatic heterocycles. The lowest BCUT2D eigenvalue weighted by atomic mass is 9.92. The summed E-state index contributed by atoms with van der Waals surface area (Å²) in [5, 5.41) is 12.1. The van der Waals surface area contributed by atoms with Crippen molar-refractivity contribution < 1.29 is 9.59 Å². The minimum absolute atomic E-state index is 0.0782. The quantitative estimate of drug-likeness (QED) is 0.649. The number of hydrogen-bond donors (Lipinski definition) is 2. The Morgan fingerprint density at radius 1 is 1.16 bits per heavy atom. The maximum atomic E-state index is 13.3. The van der Waals surface area contributed by atoms with Gasteiger partial charge in [-0.25, -0.2) is 0 Å². The van der Waals surface area contributed by atoms with E-state index in [-0.39, 0.29) is 23.1 Å². The Balaban J connectivity index is 1.78. The zero-order chi connectivity index (χ0) is 23.1. The molecular formula is C26H32N4O2. The molecule has 0 atom stereocenters. The molecule has 1 aliphatic rings. The monoisotopic (exact) mass is 432 g/mol. The smallest absolute Gasteiger partial charge is 0.254 e. The number of benzene rings is 2. The summed E-state index contributed by atoms with van der Waals surface area (Å²) in [4.78, 5) is 27.6. The lowest BCUT2D eigenvalue weighted by Gasteiger charge is -2.32. The Morgan fingerprint density at radius 2 is 1.84 bits per heavy atom. The van der Waals surface area contributed by atoms with Gasteiger partial charge in [-0.15, -0.1) is 0 Å². The van der Waals surface area contributed by atoms with E-state index in [1.165, 1.54) is 0 Å². The number of anilines is 1. The van der Waals surface area contributed by atoms with Crippen LogP contribution in [0.15, 0.2) is 48.5 Å². The Kier molecular flexibility index (Phi) is 7.66. The van der Waals surface area contributed by atoms with Crippen molar-refractivity contribution in [3.8, 4) is 6.07 Å². The summed E-state index contributed by atoms with van der Waals surface area (Å²) in [6.07, 6.45) is 4.13. The van der Waals surface area contributed by atoms with Crippen molar-refractivity contribution in [2.75, 3.05) is 18.4 Å². The lowest BCUT2D eigenvalue weighted by molar-refractivity contribution is -0.119. The molecule has 0 aliphatic heterocycles. The second-order valence-electron chi connectivity index (χ2n) is 9.39. The van der Waals surface area contributed by atoms with Crippen molar-refractivity contribution in [1.82, 2.24) is 4.90 Å². The van der Waals surface area contributed by atoms with Gasteiger partial charge in [0.05, 0.1) is 11.6 Å². The van der Waals surface area contributed by atoms with Crippen LogP contribution in [0.1, 0.15) is 61.0 Å². The fourth-order valence-corrected chi connectivity index (χ4v) is 4.05. The van der Waals surface area contributed by atoms with Crippen molar-refractivity contribution in [1.29, 1.82) is 5.26 Å². The van der Waals surface area contributed by atoms with Crippen LogP contribution in [0, 0.1) is 22.7 Å². The first kappa shape index (κ1) is 23.5. The van der Waals surface area contributed by atoms with Gasteiger partial charge in [-0.3, -0.25) is 9.59 Å². The normalized spacial score (nSPS) is 14.1. The Labute approximate surface area is 190 Å². The number of nitrogens with zero attached hydrogens (tertiary/aromatic N) is 2. The van der Waals surface area contributed by atoms with Crippen LogP contribution >= 0.6 is 0 Å². The number of carbonyl (C=O) groups excluding carboxylic acids is 2. The van der Waals surface area contributed by atoms with E-state index in [0.717, 1.165) is 36.9 Å². The molecule has 2 amide bonds. The Morgan fingerprint density at radius 3 is 2.47 bits per heavy atom. The average molecular weight is 433 g/mol. The first-order chi connectivity index (χ1) is 15.3. The fraction of sp³-hybridized carbons (Fsp3) is 0.423. The standard InChI is InChI=1S/C26H32N4O2/c1-26(2,17-28)18-30(25(32)22-12-10-19(15-27)11-13-22)16-20-6-5-9-23(14-20)29-24(31)21-7-3-4-8-21/h5-6,9-14,21H,3-4,7-8,16-18,28H2,1-2H3,(H,29,31). The second kappa shape index (κ2) is 10.4. The predicted octanol–water partition coefficient (Wildman–Crippen LogP) is 4.31. The van der Waals surface area contributed by atoms with E-state index in [1.807, 2.05) is 38.1 Å². The van der Waals surface area contributed by atoms with Crippen LogP contribution in [0.2, 0.25) is 0 Å². The van der Waals surface area contributed by atoms with E-state index in [4.69, 9.17) is 11.0 Å². The highest BCUT2D eigenvalue weighted by atomic mass is 16.2. The molecule has 0 radical (unpaired) electrons. The van der Waals surface area contributed by atoms with Gasteiger partial charge in [0.1, 0.15) is 0 Å². The number of hydrogen-bond acceptors (Lipinski definition) is 4. The molecule has 2 aromatic rings. The van der Waals surface area contributed by atoms with Crippen LogP contribution in [0.4, 0.5) is 5.69 Å². The highest BCUT2D eigenvalue weighted by Gasteiger charge is 2.26. The number of nitrogens with one attached hydrogen (secondary N) is 1. The number of nitriles is 1. The van der Waals surface area contributed by atoms with Crippen LogP contribution in [-0.4, -0.2) is 29.8 Å². The molecule has 1 aliphatic carbocycles. The molecule has 168 valence electrons. The first-order valence-electron chi connectivity index (χ1n) is 11.2. The fourth-order valence-electron chi connectivity index (χ4n) is 4.05. The third-order valence-electron chi connectivity index (χ3n) is 6.01. The highest BCUT2D eigenvalue weighted by molar-refractivity contribution is 5.94. The topological polar surface area (TPSA) is 99.2 Å². The van der Waals surface area contributed by atoms with Gasteiger partial charge in [0.2, 0.25) is 5.91 Å². The van der Waals surface area contributed by atoms with Crippen LogP contribution in [-0.2, 0) is 11.3 Å². The maximum Gasteiger partial charge on any atom is 0.254 e. The molecule has 0 unspecified atom stereocenters. The van der Waals surface area contributed by atoms with E-state index in [2.05, 4.69) is 11.4 Å². The molecule has 32 heavy (non-hydrogen) atoms. The molecule has 6 nitrogen and oxygen atoms in total. The molecule has 0 bridgehead atoms.